The number of phenols is 1. The monoisotopic (exact) mass is 360 g/mol. The number of hydrogen-bond donors (Lipinski definition) is 3. The highest BCUT2D eigenvalue weighted by Crippen LogP contribution is 2.23. The van der Waals surface area contributed by atoms with E-state index in [1.54, 1.807) is 32.4 Å². The number of nitrogens with one attached hydrogen (secondary N) is 2. The first-order chi connectivity index (χ1) is 12.6. The van der Waals surface area contributed by atoms with Gasteiger partial charge in [0.15, 0.2) is 11.7 Å². The van der Waals surface area contributed by atoms with Gasteiger partial charge in [-0.05, 0) is 31.0 Å². The zero-order chi connectivity index (χ0) is 18.9. The van der Waals surface area contributed by atoms with Crippen LogP contribution < -0.4 is 15.4 Å². The maximum Gasteiger partial charge on any atom is 0.191 e. The summed E-state index contributed by atoms with van der Waals surface area (Å²) in [5.74, 6) is 2.70. The van der Waals surface area contributed by atoms with E-state index < -0.39 is 0 Å². The standard InChI is InChI=1S/C19H28N4O3/c1-5-13(6-2)17-10-16(26-23-17)12-22-19(20-3)21-11-14-9-15(25-4)7-8-18(14)24/h7-10,13,24H,5-6,11-12H2,1-4H3,(H2,20,21,22). The lowest BCUT2D eigenvalue weighted by atomic mass is 9.99. The van der Waals surface area contributed by atoms with Crippen LogP contribution in [0.5, 0.6) is 11.5 Å². The minimum absolute atomic E-state index is 0.207. The molecule has 0 aliphatic heterocycles. The number of phenolic OH excluding ortho intramolecular Hbond substituents is 1. The Labute approximate surface area is 154 Å². The second kappa shape index (κ2) is 9.70. The first-order valence-electron chi connectivity index (χ1n) is 8.87. The molecular weight excluding hydrogens is 332 g/mol. The van der Waals surface area contributed by atoms with Crippen LogP contribution in [0.2, 0.25) is 0 Å². The summed E-state index contributed by atoms with van der Waals surface area (Å²) in [4.78, 5) is 4.18. The molecule has 0 fully saturated rings. The first-order valence-corrected chi connectivity index (χ1v) is 8.87. The normalized spacial score (nSPS) is 11.7. The molecular formula is C19H28N4O3. The molecule has 0 aliphatic carbocycles. The number of aliphatic imine (C=N–C) groups is 1. The lowest BCUT2D eigenvalue weighted by molar-refractivity contribution is 0.368. The molecule has 0 aliphatic rings. The Kier molecular flexibility index (Phi) is 7.32. The van der Waals surface area contributed by atoms with Gasteiger partial charge in [0.25, 0.3) is 0 Å². The number of guanidine groups is 1. The lowest BCUT2D eigenvalue weighted by Gasteiger charge is -2.12. The van der Waals surface area contributed by atoms with Gasteiger partial charge in [-0.25, -0.2) is 0 Å². The smallest absolute Gasteiger partial charge is 0.191 e. The van der Waals surface area contributed by atoms with Gasteiger partial charge in [0.1, 0.15) is 11.5 Å². The van der Waals surface area contributed by atoms with Gasteiger partial charge in [-0.1, -0.05) is 19.0 Å². The fraction of sp³-hybridized carbons (Fsp3) is 0.474. The van der Waals surface area contributed by atoms with E-state index >= 15 is 0 Å². The van der Waals surface area contributed by atoms with Gasteiger partial charge in [-0.15, -0.1) is 0 Å². The van der Waals surface area contributed by atoms with E-state index in [0.717, 1.165) is 29.9 Å². The SMILES string of the molecule is CCC(CC)c1cc(CNC(=NC)NCc2cc(OC)ccc2O)on1. The molecule has 1 aromatic heterocycles. The van der Waals surface area contributed by atoms with Crippen LogP contribution in [-0.2, 0) is 13.1 Å². The summed E-state index contributed by atoms with van der Waals surface area (Å²) >= 11 is 0. The highest BCUT2D eigenvalue weighted by atomic mass is 16.5. The van der Waals surface area contributed by atoms with Crippen molar-refractivity contribution in [2.75, 3.05) is 14.2 Å². The Hall–Kier alpha value is -2.70. The molecule has 0 atom stereocenters. The Bertz CT molecular complexity index is 723. The quantitative estimate of drug-likeness (QED) is 0.495. The zero-order valence-corrected chi connectivity index (χ0v) is 15.9. The molecule has 0 spiro atoms. The van der Waals surface area contributed by atoms with Gasteiger partial charge >= 0.3 is 0 Å². The van der Waals surface area contributed by atoms with Crippen LogP contribution in [0.25, 0.3) is 0 Å². The minimum atomic E-state index is 0.207. The van der Waals surface area contributed by atoms with Crippen molar-refractivity contribution >= 4 is 5.96 Å². The molecule has 0 saturated carbocycles. The van der Waals surface area contributed by atoms with Crippen LogP contribution >= 0.6 is 0 Å². The number of rotatable bonds is 8. The summed E-state index contributed by atoms with van der Waals surface area (Å²) in [5, 5.41) is 20.5. The van der Waals surface area contributed by atoms with E-state index in [1.165, 1.54) is 0 Å². The molecule has 142 valence electrons. The summed E-state index contributed by atoms with van der Waals surface area (Å²) in [6.45, 7) is 5.20. The molecule has 0 radical (unpaired) electrons. The average Bonchev–Trinajstić information content (AvgIpc) is 3.13. The maximum atomic E-state index is 9.95. The molecule has 2 aromatic rings. The summed E-state index contributed by atoms with van der Waals surface area (Å²) in [6, 6.07) is 7.10. The Balaban J connectivity index is 1.90. The van der Waals surface area contributed by atoms with Crippen molar-refractivity contribution in [1.82, 2.24) is 15.8 Å². The summed E-state index contributed by atoms with van der Waals surface area (Å²) < 4.78 is 10.6. The Morgan fingerprint density at radius 2 is 1.96 bits per heavy atom. The third-order valence-electron chi connectivity index (χ3n) is 4.37. The van der Waals surface area contributed by atoms with Gasteiger partial charge in [0.2, 0.25) is 0 Å². The van der Waals surface area contributed by atoms with Crippen LogP contribution in [-0.4, -0.2) is 30.4 Å². The van der Waals surface area contributed by atoms with Crippen molar-refractivity contribution in [1.29, 1.82) is 0 Å². The van der Waals surface area contributed by atoms with Gasteiger partial charge in [-0.3, -0.25) is 4.99 Å². The molecule has 0 saturated heterocycles. The van der Waals surface area contributed by atoms with E-state index in [0.29, 0.717) is 30.7 Å². The van der Waals surface area contributed by atoms with Crippen molar-refractivity contribution in [3.8, 4) is 11.5 Å². The van der Waals surface area contributed by atoms with E-state index in [1.807, 2.05) is 6.07 Å². The van der Waals surface area contributed by atoms with Crippen molar-refractivity contribution in [3.63, 3.8) is 0 Å². The van der Waals surface area contributed by atoms with Crippen molar-refractivity contribution < 1.29 is 14.4 Å². The topological polar surface area (TPSA) is 91.9 Å². The van der Waals surface area contributed by atoms with E-state index in [4.69, 9.17) is 9.26 Å². The Morgan fingerprint density at radius 3 is 2.62 bits per heavy atom. The highest BCUT2D eigenvalue weighted by molar-refractivity contribution is 5.79. The van der Waals surface area contributed by atoms with Crippen molar-refractivity contribution in [3.05, 3.63) is 41.3 Å². The van der Waals surface area contributed by atoms with E-state index in [-0.39, 0.29) is 5.75 Å². The van der Waals surface area contributed by atoms with Crippen molar-refractivity contribution in [2.45, 2.75) is 45.7 Å². The Morgan fingerprint density at radius 1 is 1.23 bits per heavy atom. The second-order valence-corrected chi connectivity index (χ2v) is 6.01. The number of ether oxygens (including phenoxy) is 1. The predicted molar refractivity (Wildman–Crippen MR) is 102 cm³/mol. The zero-order valence-electron chi connectivity index (χ0n) is 15.9. The third-order valence-corrected chi connectivity index (χ3v) is 4.37. The largest absolute Gasteiger partial charge is 0.508 e. The molecule has 0 bridgehead atoms. The van der Waals surface area contributed by atoms with Crippen LogP contribution in [0.1, 0.15) is 49.6 Å². The highest BCUT2D eigenvalue weighted by Gasteiger charge is 2.13. The maximum absolute atomic E-state index is 9.95. The molecule has 1 heterocycles. The average molecular weight is 360 g/mol. The molecule has 2 rings (SSSR count). The number of nitrogens with zero attached hydrogens (tertiary/aromatic N) is 2. The minimum Gasteiger partial charge on any atom is -0.508 e. The predicted octanol–water partition coefficient (Wildman–Crippen LogP) is 3.16. The van der Waals surface area contributed by atoms with Gasteiger partial charge < -0.3 is 25.0 Å². The number of hydrogen-bond acceptors (Lipinski definition) is 5. The molecule has 7 nitrogen and oxygen atoms in total. The fourth-order valence-electron chi connectivity index (χ4n) is 2.71. The molecule has 26 heavy (non-hydrogen) atoms. The van der Waals surface area contributed by atoms with Gasteiger partial charge in [0, 0.05) is 31.1 Å². The first kappa shape index (κ1) is 19.6. The molecule has 1 aromatic carbocycles. The van der Waals surface area contributed by atoms with E-state index in [9.17, 15) is 5.11 Å². The van der Waals surface area contributed by atoms with Crippen LogP contribution in [0.3, 0.4) is 0 Å². The number of aromatic nitrogens is 1. The number of aromatic hydroxyl groups is 1. The lowest BCUT2D eigenvalue weighted by Crippen LogP contribution is -2.36. The number of methoxy groups -OCH3 is 1. The summed E-state index contributed by atoms with van der Waals surface area (Å²) in [6.07, 6.45) is 2.09. The second-order valence-electron chi connectivity index (χ2n) is 6.01. The van der Waals surface area contributed by atoms with Crippen LogP contribution in [0.4, 0.5) is 0 Å². The molecule has 7 heteroatoms. The fourth-order valence-corrected chi connectivity index (χ4v) is 2.71. The third kappa shape index (κ3) is 5.15. The molecule has 0 amide bonds. The molecule has 0 unspecified atom stereocenters. The van der Waals surface area contributed by atoms with Crippen LogP contribution in [0, 0.1) is 0 Å². The van der Waals surface area contributed by atoms with Crippen molar-refractivity contribution in [2.24, 2.45) is 4.99 Å². The van der Waals surface area contributed by atoms with Crippen LogP contribution in [0.15, 0.2) is 33.8 Å². The van der Waals surface area contributed by atoms with Gasteiger partial charge in [0.05, 0.1) is 19.3 Å². The summed E-state index contributed by atoms with van der Waals surface area (Å²) in [5.41, 5.74) is 1.72. The summed E-state index contributed by atoms with van der Waals surface area (Å²) in [7, 11) is 3.29. The van der Waals surface area contributed by atoms with E-state index in [2.05, 4.69) is 34.6 Å². The number of benzene rings is 1. The van der Waals surface area contributed by atoms with Gasteiger partial charge in [-0.2, -0.15) is 0 Å². The molecule has 3 N–H and O–H groups in total.